The van der Waals surface area contributed by atoms with Gasteiger partial charge < -0.3 is 14.8 Å². The summed E-state index contributed by atoms with van der Waals surface area (Å²) in [6, 6.07) is 2.74. The van der Waals surface area contributed by atoms with E-state index in [1.165, 1.54) is 18.4 Å². The highest BCUT2D eigenvalue weighted by atomic mass is 79.9. The Morgan fingerprint density at radius 3 is 2.61 bits per heavy atom. The van der Waals surface area contributed by atoms with Crippen molar-refractivity contribution in [2.45, 2.75) is 32.2 Å². The summed E-state index contributed by atoms with van der Waals surface area (Å²) in [4.78, 5) is 0. The number of hydrogen-bond acceptors (Lipinski definition) is 3. The molecular weight excluding hydrogens is 294 g/mol. The zero-order valence-electron chi connectivity index (χ0n) is 11.2. The average molecular weight is 314 g/mol. The van der Waals surface area contributed by atoms with Gasteiger partial charge in [0.25, 0.3) is 0 Å². The van der Waals surface area contributed by atoms with E-state index in [1.54, 1.807) is 14.2 Å². The molecule has 1 N–H and O–H groups in total. The molecule has 0 aromatic heterocycles. The molecular formula is C14H20BrNO2. The molecule has 0 aliphatic carbocycles. The zero-order valence-corrected chi connectivity index (χ0v) is 12.8. The van der Waals surface area contributed by atoms with Crippen molar-refractivity contribution in [1.29, 1.82) is 0 Å². The molecule has 1 unspecified atom stereocenters. The first-order valence-electron chi connectivity index (χ1n) is 6.30. The molecule has 4 heteroatoms. The first kappa shape index (κ1) is 13.7. The fraction of sp³-hybridized carbons (Fsp3) is 0.571. The van der Waals surface area contributed by atoms with Gasteiger partial charge in [0.1, 0.15) is 16.0 Å². The Kier molecular flexibility index (Phi) is 4.51. The Morgan fingerprint density at radius 1 is 1.33 bits per heavy atom. The third-order valence-corrected chi connectivity index (χ3v) is 4.20. The maximum atomic E-state index is 5.53. The van der Waals surface area contributed by atoms with Gasteiger partial charge in [0.15, 0.2) is 0 Å². The second-order valence-corrected chi connectivity index (χ2v) is 5.52. The molecule has 1 aliphatic heterocycles. The Labute approximate surface area is 117 Å². The van der Waals surface area contributed by atoms with Gasteiger partial charge in [-0.2, -0.15) is 0 Å². The highest BCUT2D eigenvalue weighted by molar-refractivity contribution is 9.10. The second kappa shape index (κ2) is 5.93. The second-order valence-electron chi connectivity index (χ2n) is 4.73. The molecule has 3 nitrogen and oxygen atoms in total. The first-order valence-corrected chi connectivity index (χ1v) is 7.10. The standard InChI is InChI=1S/C14H20BrNO2/c1-9-7-10(8-11-5-4-6-16-11)14(18-3)12(15)13(9)17-2/h7,11,16H,4-6,8H2,1-3H3. The van der Waals surface area contributed by atoms with Gasteiger partial charge in [-0.05, 0) is 65.9 Å². The molecule has 1 aromatic carbocycles. The van der Waals surface area contributed by atoms with Gasteiger partial charge in [0.05, 0.1) is 14.2 Å². The van der Waals surface area contributed by atoms with Gasteiger partial charge in [0.2, 0.25) is 0 Å². The van der Waals surface area contributed by atoms with Crippen LogP contribution in [0.25, 0.3) is 0 Å². The van der Waals surface area contributed by atoms with Crippen molar-refractivity contribution < 1.29 is 9.47 Å². The molecule has 0 radical (unpaired) electrons. The van der Waals surface area contributed by atoms with Crippen molar-refractivity contribution in [3.05, 3.63) is 21.7 Å². The predicted octanol–water partition coefficient (Wildman–Crippen LogP) is 3.07. The molecule has 0 amide bonds. The fourth-order valence-corrected chi connectivity index (χ4v) is 3.52. The summed E-state index contributed by atoms with van der Waals surface area (Å²) >= 11 is 3.58. The lowest BCUT2D eigenvalue weighted by Gasteiger charge is -2.18. The van der Waals surface area contributed by atoms with Crippen LogP contribution < -0.4 is 14.8 Å². The van der Waals surface area contributed by atoms with Crippen LogP contribution in [0, 0.1) is 6.92 Å². The molecule has 1 aromatic rings. The summed E-state index contributed by atoms with van der Waals surface area (Å²) in [6.07, 6.45) is 3.52. The monoisotopic (exact) mass is 313 g/mol. The van der Waals surface area contributed by atoms with Gasteiger partial charge in [0, 0.05) is 6.04 Å². The summed E-state index contributed by atoms with van der Waals surface area (Å²) in [6.45, 7) is 3.19. The van der Waals surface area contributed by atoms with Crippen molar-refractivity contribution in [3.63, 3.8) is 0 Å². The summed E-state index contributed by atoms with van der Waals surface area (Å²) in [7, 11) is 3.39. The SMILES string of the molecule is COc1c(C)cc(CC2CCCN2)c(OC)c1Br. The van der Waals surface area contributed by atoms with E-state index in [0.29, 0.717) is 6.04 Å². The minimum atomic E-state index is 0.568. The minimum absolute atomic E-state index is 0.568. The van der Waals surface area contributed by atoms with E-state index < -0.39 is 0 Å². The van der Waals surface area contributed by atoms with Crippen LogP contribution in [0.15, 0.2) is 10.5 Å². The van der Waals surface area contributed by atoms with E-state index in [1.807, 2.05) is 0 Å². The van der Waals surface area contributed by atoms with Crippen LogP contribution in [0.3, 0.4) is 0 Å². The third kappa shape index (κ3) is 2.64. The van der Waals surface area contributed by atoms with E-state index in [4.69, 9.17) is 9.47 Å². The number of aryl methyl sites for hydroxylation is 1. The number of ether oxygens (including phenoxy) is 2. The molecule has 2 rings (SSSR count). The lowest BCUT2D eigenvalue weighted by Crippen LogP contribution is -2.24. The molecule has 18 heavy (non-hydrogen) atoms. The smallest absolute Gasteiger partial charge is 0.140 e. The van der Waals surface area contributed by atoms with Crippen LogP contribution in [-0.4, -0.2) is 26.8 Å². The lowest BCUT2D eigenvalue weighted by molar-refractivity contribution is 0.382. The number of nitrogens with one attached hydrogen (secondary N) is 1. The molecule has 1 heterocycles. The van der Waals surface area contributed by atoms with Crippen LogP contribution in [-0.2, 0) is 6.42 Å². The van der Waals surface area contributed by atoms with Crippen molar-refractivity contribution in [2.75, 3.05) is 20.8 Å². The quantitative estimate of drug-likeness (QED) is 0.926. The van der Waals surface area contributed by atoms with Gasteiger partial charge in [-0.3, -0.25) is 0 Å². The Hall–Kier alpha value is -0.740. The number of methoxy groups -OCH3 is 2. The summed E-state index contributed by atoms with van der Waals surface area (Å²) in [5.74, 6) is 1.75. The molecule has 1 aliphatic rings. The largest absolute Gasteiger partial charge is 0.495 e. The van der Waals surface area contributed by atoms with Gasteiger partial charge in [-0.25, -0.2) is 0 Å². The Morgan fingerprint density at radius 2 is 2.06 bits per heavy atom. The summed E-state index contributed by atoms with van der Waals surface area (Å²) in [5, 5.41) is 3.52. The molecule has 1 fully saturated rings. The zero-order chi connectivity index (χ0) is 13.1. The molecule has 1 atom stereocenters. The van der Waals surface area contributed by atoms with E-state index in [-0.39, 0.29) is 0 Å². The lowest BCUT2D eigenvalue weighted by atomic mass is 10.0. The maximum Gasteiger partial charge on any atom is 0.140 e. The van der Waals surface area contributed by atoms with Crippen molar-refractivity contribution in [2.24, 2.45) is 0 Å². The van der Waals surface area contributed by atoms with Gasteiger partial charge in [-0.15, -0.1) is 0 Å². The molecule has 100 valence electrons. The molecule has 0 spiro atoms. The number of halogens is 1. The number of benzene rings is 1. The topological polar surface area (TPSA) is 30.5 Å². The van der Waals surface area contributed by atoms with Crippen molar-refractivity contribution >= 4 is 15.9 Å². The average Bonchev–Trinajstić information content (AvgIpc) is 2.82. The predicted molar refractivity (Wildman–Crippen MR) is 76.7 cm³/mol. The fourth-order valence-electron chi connectivity index (χ4n) is 2.63. The van der Waals surface area contributed by atoms with E-state index in [0.717, 1.165) is 34.5 Å². The minimum Gasteiger partial charge on any atom is -0.495 e. The van der Waals surface area contributed by atoms with E-state index >= 15 is 0 Å². The maximum absolute atomic E-state index is 5.53. The third-order valence-electron chi connectivity index (χ3n) is 3.48. The van der Waals surface area contributed by atoms with Crippen LogP contribution in [0.1, 0.15) is 24.0 Å². The number of rotatable bonds is 4. The molecule has 0 bridgehead atoms. The van der Waals surface area contributed by atoms with Crippen LogP contribution in [0.2, 0.25) is 0 Å². The van der Waals surface area contributed by atoms with Gasteiger partial charge in [-0.1, -0.05) is 0 Å². The number of hydrogen-bond donors (Lipinski definition) is 1. The van der Waals surface area contributed by atoms with E-state index in [9.17, 15) is 0 Å². The van der Waals surface area contributed by atoms with E-state index in [2.05, 4.69) is 34.2 Å². The van der Waals surface area contributed by atoms with Crippen LogP contribution >= 0.6 is 15.9 Å². The summed E-state index contributed by atoms with van der Waals surface area (Å²) in [5.41, 5.74) is 2.38. The molecule has 1 saturated heterocycles. The van der Waals surface area contributed by atoms with Crippen LogP contribution in [0.5, 0.6) is 11.5 Å². The van der Waals surface area contributed by atoms with Crippen LogP contribution in [0.4, 0.5) is 0 Å². The molecule has 0 saturated carbocycles. The highest BCUT2D eigenvalue weighted by Crippen LogP contribution is 2.40. The summed E-state index contributed by atoms with van der Waals surface area (Å²) < 4.78 is 11.8. The van der Waals surface area contributed by atoms with Gasteiger partial charge >= 0.3 is 0 Å². The normalized spacial score (nSPS) is 19.0. The Bertz CT molecular complexity index is 428. The van der Waals surface area contributed by atoms with Crippen molar-refractivity contribution in [3.8, 4) is 11.5 Å². The Balaban J connectivity index is 2.33. The highest BCUT2D eigenvalue weighted by Gasteiger charge is 2.20. The van der Waals surface area contributed by atoms with Crippen molar-refractivity contribution in [1.82, 2.24) is 5.32 Å². The first-order chi connectivity index (χ1) is 8.67.